The average molecular weight is 271 g/mol. The molecule has 0 aromatic carbocycles. The maximum absolute atomic E-state index is 10.8. The number of rotatable bonds is 4. The van der Waals surface area contributed by atoms with E-state index in [0.29, 0.717) is 0 Å². The first-order valence-corrected chi connectivity index (χ1v) is 5.37. The van der Waals surface area contributed by atoms with E-state index in [1.54, 1.807) is 0 Å². The molecule has 7 heteroatoms. The number of hydrogen-bond acceptors (Lipinski definition) is 5. The van der Waals surface area contributed by atoms with Crippen LogP contribution in [0.2, 0.25) is 0 Å². The van der Waals surface area contributed by atoms with Crippen LogP contribution in [0.3, 0.4) is 0 Å². The van der Waals surface area contributed by atoms with Gasteiger partial charge in [0.2, 0.25) is 0 Å². The molecule has 1 fully saturated rings. The number of carboxylic acid groups (broad SMARTS) is 2. The van der Waals surface area contributed by atoms with E-state index < -0.39 is 11.9 Å². The maximum atomic E-state index is 10.8. The van der Waals surface area contributed by atoms with Crippen molar-refractivity contribution < 1.29 is 78.9 Å². The Labute approximate surface area is 151 Å². The molecule has 0 atom stereocenters. The van der Waals surface area contributed by atoms with E-state index in [1.165, 1.54) is 6.92 Å². The fourth-order valence-electron chi connectivity index (χ4n) is 1.80. The van der Waals surface area contributed by atoms with Gasteiger partial charge in [-0.3, -0.25) is 4.90 Å². The van der Waals surface area contributed by atoms with Gasteiger partial charge in [-0.25, -0.2) is 0 Å². The largest absolute Gasteiger partial charge is 1.00 e. The van der Waals surface area contributed by atoms with Crippen LogP contribution in [-0.2, 0) is 9.59 Å². The monoisotopic (exact) mass is 271 g/mol. The second kappa shape index (κ2) is 10.4. The van der Waals surface area contributed by atoms with E-state index >= 15 is 0 Å². The Morgan fingerprint density at radius 1 is 1.00 bits per heavy atom. The summed E-state index contributed by atoms with van der Waals surface area (Å²) < 4.78 is 0. The van der Waals surface area contributed by atoms with Crippen molar-refractivity contribution in [3.05, 3.63) is 11.1 Å². The SMILES string of the molecule is C/C(C(=O)[O-])=C(\CN1CCCCC1)C(=O)[O-].[Na+].[Na+]. The minimum Gasteiger partial charge on any atom is -0.545 e. The van der Waals surface area contributed by atoms with Gasteiger partial charge in [0.05, 0.1) is 11.9 Å². The number of carbonyl (C=O) groups excluding carboxylic acids is 2. The first-order valence-electron chi connectivity index (χ1n) is 5.37. The molecule has 0 unspecified atom stereocenters. The number of piperidine rings is 1. The molecular formula is C11H15NNa2O4. The first-order chi connectivity index (χ1) is 7.52. The molecule has 0 saturated carbocycles. The van der Waals surface area contributed by atoms with Crippen molar-refractivity contribution in [3.63, 3.8) is 0 Å². The third kappa shape index (κ3) is 6.70. The van der Waals surface area contributed by atoms with Crippen molar-refractivity contribution in [1.82, 2.24) is 4.90 Å². The Balaban J connectivity index is 0. The van der Waals surface area contributed by atoms with Gasteiger partial charge in [-0.1, -0.05) is 6.42 Å². The van der Waals surface area contributed by atoms with Gasteiger partial charge in [0.15, 0.2) is 0 Å². The molecule has 5 nitrogen and oxygen atoms in total. The third-order valence-electron chi connectivity index (χ3n) is 2.84. The summed E-state index contributed by atoms with van der Waals surface area (Å²) in [5, 5.41) is 21.4. The van der Waals surface area contributed by atoms with E-state index in [9.17, 15) is 19.8 Å². The van der Waals surface area contributed by atoms with Crippen molar-refractivity contribution in [2.24, 2.45) is 0 Å². The van der Waals surface area contributed by atoms with Gasteiger partial charge in [-0.2, -0.15) is 0 Å². The zero-order chi connectivity index (χ0) is 12.1. The Bertz CT molecular complexity index is 325. The quantitative estimate of drug-likeness (QED) is 0.375. The van der Waals surface area contributed by atoms with E-state index in [4.69, 9.17) is 0 Å². The van der Waals surface area contributed by atoms with Crippen LogP contribution in [-0.4, -0.2) is 36.5 Å². The predicted octanol–water partition coefficient (Wildman–Crippen LogP) is -7.70. The normalized spacial score (nSPS) is 16.9. The van der Waals surface area contributed by atoms with Gasteiger partial charge in [0.1, 0.15) is 0 Å². The summed E-state index contributed by atoms with van der Waals surface area (Å²) >= 11 is 0. The molecule has 0 spiro atoms. The Hall–Kier alpha value is 0.640. The zero-order valence-corrected chi connectivity index (χ0v) is 15.3. The average Bonchev–Trinajstić information content (AvgIpc) is 2.26. The molecule has 1 saturated heterocycles. The van der Waals surface area contributed by atoms with Crippen molar-refractivity contribution in [1.29, 1.82) is 0 Å². The van der Waals surface area contributed by atoms with Crippen LogP contribution in [0.4, 0.5) is 0 Å². The Morgan fingerprint density at radius 2 is 1.50 bits per heavy atom. The molecule has 1 aliphatic rings. The second-order valence-corrected chi connectivity index (χ2v) is 4.02. The topological polar surface area (TPSA) is 83.5 Å². The number of hydrogen-bond donors (Lipinski definition) is 0. The summed E-state index contributed by atoms with van der Waals surface area (Å²) in [6, 6.07) is 0. The van der Waals surface area contributed by atoms with Crippen molar-refractivity contribution in [2.75, 3.05) is 19.6 Å². The fourth-order valence-corrected chi connectivity index (χ4v) is 1.80. The van der Waals surface area contributed by atoms with Crippen LogP contribution >= 0.6 is 0 Å². The smallest absolute Gasteiger partial charge is 0.545 e. The van der Waals surface area contributed by atoms with Gasteiger partial charge in [-0.05, 0) is 44.0 Å². The standard InChI is InChI=1S/C11H17NO4.2Na/c1-8(10(13)14)9(11(15)16)7-12-5-3-2-4-6-12;;/h2-7H2,1H3,(H,13,14)(H,15,16);;/q;2*+1/p-2/b9-8-;;. The van der Waals surface area contributed by atoms with E-state index in [-0.39, 0.29) is 76.8 Å². The summed E-state index contributed by atoms with van der Waals surface area (Å²) in [6.07, 6.45) is 3.18. The number of carbonyl (C=O) groups is 2. The second-order valence-electron chi connectivity index (χ2n) is 4.02. The molecule has 0 aromatic rings. The van der Waals surface area contributed by atoms with Gasteiger partial charge in [-0.15, -0.1) is 0 Å². The zero-order valence-electron chi connectivity index (χ0n) is 11.3. The van der Waals surface area contributed by atoms with Crippen LogP contribution in [0.1, 0.15) is 26.2 Å². The molecule has 18 heavy (non-hydrogen) atoms. The first kappa shape index (κ1) is 20.9. The van der Waals surface area contributed by atoms with Crippen LogP contribution in [0.15, 0.2) is 11.1 Å². The Morgan fingerprint density at radius 3 is 1.89 bits per heavy atom. The molecule has 90 valence electrons. The Kier molecular flexibility index (Phi) is 12.1. The van der Waals surface area contributed by atoms with E-state index in [0.717, 1.165) is 32.4 Å². The maximum Gasteiger partial charge on any atom is 1.00 e. The molecular weight excluding hydrogens is 256 g/mol. The molecule has 0 amide bonds. The van der Waals surface area contributed by atoms with Crippen molar-refractivity contribution in [2.45, 2.75) is 26.2 Å². The molecule has 0 N–H and O–H groups in total. The molecule has 0 radical (unpaired) electrons. The minimum atomic E-state index is -1.45. The number of nitrogens with zero attached hydrogens (tertiary/aromatic N) is 1. The van der Waals surface area contributed by atoms with Gasteiger partial charge in [0.25, 0.3) is 0 Å². The molecule has 0 bridgehead atoms. The van der Waals surface area contributed by atoms with E-state index in [2.05, 4.69) is 0 Å². The fraction of sp³-hybridized carbons (Fsp3) is 0.636. The number of carboxylic acids is 2. The van der Waals surface area contributed by atoms with Crippen LogP contribution in [0.5, 0.6) is 0 Å². The van der Waals surface area contributed by atoms with Crippen molar-refractivity contribution >= 4 is 11.9 Å². The number of aliphatic carboxylic acids is 2. The molecule has 1 aliphatic heterocycles. The minimum absolute atomic E-state index is 0. The van der Waals surface area contributed by atoms with Crippen LogP contribution in [0.25, 0.3) is 0 Å². The summed E-state index contributed by atoms with van der Waals surface area (Å²) in [4.78, 5) is 23.4. The molecule has 0 aliphatic carbocycles. The van der Waals surface area contributed by atoms with Gasteiger partial charge >= 0.3 is 59.1 Å². The molecule has 1 rings (SSSR count). The third-order valence-corrected chi connectivity index (χ3v) is 2.84. The summed E-state index contributed by atoms with van der Waals surface area (Å²) in [5.74, 6) is -2.87. The van der Waals surface area contributed by atoms with Gasteiger partial charge < -0.3 is 19.8 Å². The van der Waals surface area contributed by atoms with Crippen LogP contribution < -0.4 is 69.3 Å². The molecule has 0 aromatic heterocycles. The van der Waals surface area contributed by atoms with E-state index in [1.807, 2.05) is 4.90 Å². The summed E-state index contributed by atoms with van der Waals surface area (Å²) in [5.41, 5.74) is -0.424. The molecule has 1 heterocycles. The summed E-state index contributed by atoms with van der Waals surface area (Å²) in [6.45, 7) is 2.97. The van der Waals surface area contributed by atoms with Crippen molar-refractivity contribution in [3.8, 4) is 0 Å². The van der Waals surface area contributed by atoms with Gasteiger partial charge in [0, 0.05) is 6.54 Å². The summed E-state index contributed by atoms with van der Waals surface area (Å²) in [7, 11) is 0. The predicted molar refractivity (Wildman–Crippen MR) is 53.0 cm³/mol. The number of likely N-dealkylation sites (tertiary alicyclic amines) is 1. The van der Waals surface area contributed by atoms with Crippen LogP contribution in [0, 0.1) is 0 Å².